The summed E-state index contributed by atoms with van der Waals surface area (Å²) in [5.41, 5.74) is -2.35. The third-order valence-electron chi connectivity index (χ3n) is 3.51. The van der Waals surface area contributed by atoms with Gasteiger partial charge in [0, 0.05) is 12.1 Å². The summed E-state index contributed by atoms with van der Waals surface area (Å²) in [4.78, 5) is 0. The van der Waals surface area contributed by atoms with Gasteiger partial charge in [-0.25, -0.2) is 0 Å². The lowest BCUT2D eigenvalue weighted by atomic mass is 10.0. The Hall–Kier alpha value is -0.453. The molecule has 1 rings (SSSR count). The van der Waals surface area contributed by atoms with Gasteiger partial charge in [0.05, 0.1) is 0 Å². The SMILES string of the molecule is CC([SiH]1CCCCO1)C(F)(F)C(F)(F)C(F)(F)C(F)(F)F. The number of hydrogen-bond acceptors (Lipinski definition) is 1. The van der Waals surface area contributed by atoms with E-state index in [4.69, 9.17) is 4.43 Å². The van der Waals surface area contributed by atoms with Crippen LogP contribution >= 0.6 is 0 Å². The van der Waals surface area contributed by atoms with E-state index in [-0.39, 0.29) is 12.7 Å². The van der Waals surface area contributed by atoms with Crippen LogP contribution in [0.1, 0.15) is 19.8 Å². The van der Waals surface area contributed by atoms with E-state index in [0.717, 1.165) is 0 Å². The summed E-state index contributed by atoms with van der Waals surface area (Å²) in [6, 6.07) is 0.0322. The molecule has 1 fully saturated rings. The molecule has 0 saturated carbocycles. The van der Waals surface area contributed by atoms with Crippen molar-refractivity contribution >= 4 is 9.04 Å². The molecule has 2 unspecified atom stereocenters. The fraction of sp³-hybridized carbons (Fsp3) is 1.00. The molecule has 0 amide bonds. The molecule has 1 heterocycles. The van der Waals surface area contributed by atoms with Crippen LogP contribution in [0, 0.1) is 0 Å². The van der Waals surface area contributed by atoms with Crippen molar-refractivity contribution in [2.75, 3.05) is 6.61 Å². The molecule has 0 aromatic heterocycles. The molecule has 11 heteroatoms. The van der Waals surface area contributed by atoms with E-state index in [0.29, 0.717) is 19.8 Å². The first kappa shape index (κ1) is 18.6. The van der Waals surface area contributed by atoms with Crippen molar-refractivity contribution in [3.05, 3.63) is 0 Å². The van der Waals surface area contributed by atoms with E-state index in [1.54, 1.807) is 0 Å². The molecule has 126 valence electrons. The molecule has 1 saturated heterocycles. The van der Waals surface area contributed by atoms with E-state index in [2.05, 4.69) is 0 Å². The molecule has 2 atom stereocenters. The molecule has 1 aliphatic heterocycles. The van der Waals surface area contributed by atoms with Gasteiger partial charge in [-0.15, -0.1) is 0 Å². The minimum atomic E-state index is -6.82. The lowest BCUT2D eigenvalue weighted by Gasteiger charge is -2.39. The highest BCUT2D eigenvalue weighted by atomic mass is 28.3. The van der Waals surface area contributed by atoms with E-state index in [1.807, 2.05) is 0 Å². The van der Waals surface area contributed by atoms with Gasteiger partial charge in [-0.05, 0) is 12.5 Å². The van der Waals surface area contributed by atoms with Crippen LogP contribution in [0.25, 0.3) is 0 Å². The summed E-state index contributed by atoms with van der Waals surface area (Å²) in [5.74, 6) is -18.9. The fourth-order valence-electron chi connectivity index (χ4n) is 2.07. The summed E-state index contributed by atoms with van der Waals surface area (Å²) in [5, 5.41) is 0. The largest absolute Gasteiger partial charge is 0.460 e. The van der Waals surface area contributed by atoms with Gasteiger partial charge >= 0.3 is 23.9 Å². The van der Waals surface area contributed by atoms with Gasteiger partial charge in [0.15, 0.2) is 9.04 Å². The molecule has 0 radical (unpaired) electrons. The maximum Gasteiger partial charge on any atom is 0.460 e. The van der Waals surface area contributed by atoms with Crippen molar-refractivity contribution in [1.29, 1.82) is 0 Å². The first-order valence-electron chi connectivity index (χ1n) is 6.08. The molecule has 0 aromatic carbocycles. The Bertz CT molecular complexity index is 362. The van der Waals surface area contributed by atoms with E-state index in [9.17, 15) is 39.5 Å². The molecule has 1 nitrogen and oxygen atoms in total. The average molecular weight is 348 g/mol. The van der Waals surface area contributed by atoms with Crippen LogP contribution in [0.3, 0.4) is 0 Å². The van der Waals surface area contributed by atoms with E-state index in [1.165, 1.54) is 0 Å². The second-order valence-electron chi connectivity index (χ2n) is 4.96. The second-order valence-corrected chi connectivity index (χ2v) is 7.95. The quantitative estimate of drug-likeness (QED) is 0.541. The smallest absolute Gasteiger partial charge is 0.420 e. The molecule has 0 N–H and O–H groups in total. The van der Waals surface area contributed by atoms with E-state index < -0.39 is 38.5 Å². The van der Waals surface area contributed by atoms with Crippen molar-refractivity contribution in [1.82, 2.24) is 0 Å². The van der Waals surface area contributed by atoms with Crippen molar-refractivity contribution in [2.45, 2.75) is 55.3 Å². The summed E-state index contributed by atoms with van der Waals surface area (Å²) in [6.07, 6.45) is -5.86. The molecule has 0 spiro atoms. The van der Waals surface area contributed by atoms with Crippen LogP contribution in [0.15, 0.2) is 0 Å². The molecule has 0 bridgehead atoms. The number of hydrogen-bond donors (Lipinski definition) is 0. The summed E-state index contributed by atoms with van der Waals surface area (Å²) < 4.78 is 120. The highest BCUT2D eigenvalue weighted by Gasteiger charge is 2.82. The minimum Gasteiger partial charge on any atom is -0.420 e. The van der Waals surface area contributed by atoms with Crippen LogP contribution in [-0.2, 0) is 4.43 Å². The first-order chi connectivity index (χ1) is 9.27. The fourth-order valence-corrected chi connectivity index (χ4v) is 4.86. The number of alkyl halides is 9. The van der Waals surface area contributed by atoms with Crippen molar-refractivity contribution in [3.8, 4) is 0 Å². The van der Waals surface area contributed by atoms with Crippen LogP contribution in [0.2, 0.25) is 11.6 Å². The van der Waals surface area contributed by atoms with Crippen LogP contribution < -0.4 is 0 Å². The Balaban J connectivity index is 3.08. The third kappa shape index (κ3) is 3.03. The van der Waals surface area contributed by atoms with Crippen molar-refractivity contribution in [2.24, 2.45) is 0 Å². The molecule has 0 aromatic rings. The second kappa shape index (κ2) is 5.63. The lowest BCUT2D eigenvalue weighted by molar-refractivity contribution is -0.396. The van der Waals surface area contributed by atoms with Crippen molar-refractivity contribution < 1.29 is 43.9 Å². The van der Waals surface area contributed by atoms with Crippen LogP contribution in [0.4, 0.5) is 39.5 Å². The lowest BCUT2D eigenvalue weighted by Crippen LogP contribution is -2.63. The zero-order chi connectivity index (χ0) is 16.7. The topological polar surface area (TPSA) is 9.23 Å². The predicted octanol–water partition coefficient (Wildman–Crippen LogP) is 4.38. The number of rotatable bonds is 4. The Kier molecular flexibility index (Phi) is 4.99. The van der Waals surface area contributed by atoms with Gasteiger partial charge in [-0.2, -0.15) is 39.5 Å². The van der Waals surface area contributed by atoms with Gasteiger partial charge in [0.25, 0.3) is 0 Å². The van der Waals surface area contributed by atoms with Gasteiger partial charge in [-0.1, -0.05) is 13.3 Å². The Morgan fingerprint density at radius 2 is 1.38 bits per heavy atom. The molecular weight excluding hydrogens is 335 g/mol. The summed E-state index contributed by atoms with van der Waals surface area (Å²) >= 11 is 0. The maximum atomic E-state index is 13.6. The summed E-state index contributed by atoms with van der Waals surface area (Å²) in [6.45, 7) is 0.571. The normalized spacial score (nSPS) is 24.0. The first-order valence-corrected chi connectivity index (χ1v) is 8.04. The van der Waals surface area contributed by atoms with Gasteiger partial charge in [0.1, 0.15) is 0 Å². The zero-order valence-corrected chi connectivity index (χ0v) is 11.9. The maximum absolute atomic E-state index is 13.6. The predicted molar refractivity (Wildman–Crippen MR) is 57.5 cm³/mol. The third-order valence-corrected chi connectivity index (χ3v) is 6.69. The molecule has 0 aliphatic carbocycles. The zero-order valence-electron chi connectivity index (χ0n) is 10.8. The van der Waals surface area contributed by atoms with Gasteiger partial charge in [0.2, 0.25) is 0 Å². The molecular formula is C10H13F9OSi. The molecule has 1 aliphatic rings. The Morgan fingerprint density at radius 1 is 0.857 bits per heavy atom. The highest BCUT2D eigenvalue weighted by Crippen LogP contribution is 2.57. The van der Waals surface area contributed by atoms with Gasteiger partial charge in [-0.3, -0.25) is 0 Å². The Morgan fingerprint density at radius 3 is 1.76 bits per heavy atom. The van der Waals surface area contributed by atoms with Crippen molar-refractivity contribution in [3.63, 3.8) is 0 Å². The van der Waals surface area contributed by atoms with E-state index >= 15 is 0 Å². The molecule has 21 heavy (non-hydrogen) atoms. The van der Waals surface area contributed by atoms with Gasteiger partial charge < -0.3 is 4.43 Å². The minimum absolute atomic E-state index is 0.0263. The summed E-state index contributed by atoms with van der Waals surface area (Å²) in [7, 11) is -3.00. The number of halogens is 9. The standard InChI is InChI=1S/C10H13F9OSi/c1-6(21-5-3-2-4-20-21)7(11,12)8(13,14)9(15,16)10(17,18)19/h6,21H,2-5H2,1H3. The average Bonchev–Trinajstić information content (AvgIpc) is 2.37. The monoisotopic (exact) mass is 348 g/mol. The van der Waals surface area contributed by atoms with Crippen LogP contribution in [0.5, 0.6) is 0 Å². The Labute approximate surface area is 116 Å². The highest BCUT2D eigenvalue weighted by molar-refractivity contribution is 6.54. The van der Waals surface area contributed by atoms with Crippen LogP contribution in [-0.4, -0.2) is 39.6 Å².